The Morgan fingerprint density at radius 2 is 2.36 bits per heavy atom. The lowest BCUT2D eigenvalue weighted by atomic mass is 10.2. The van der Waals surface area contributed by atoms with E-state index in [4.69, 9.17) is 6.42 Å². The molecule has 1 aromatic carbocycles. The molecule has 0 aliphatic carbocycles. The minimum Gasteiger partial charge on any atom is -0.245 e. The molecule has 0 saturated heterocycles. The predicted octanol–water partition coefficient (Wildman–Crippen LogP) is 2.28. The first-order chi connectivity index (χ1) is 5.40. The van der Waals surface area contributed by atoms with Gasteiger partial charge in [0.25, 0.3) is 0 Å². The maximum absolute atomic E-state index is 5.24. The van der Waals surface area contributed by atoms with Crippen molar-refractivity contribution in [2.45, 2.75) is 0 Å². The largest absolute Gasteiger partial charge is 0.245 e. The van der Waals surface area contributed by atoms with Crippen LogP contribution in [0.4, 0.5) is 0 Å². The van der Waals surface area contributed by atoms with Crippen LogP contribution in [-0.4, -0.2) is 4.98 Å². The quantitative estimate of drug-likeness (QED) is 0.537. The maximum Gasteiger partial charge on any atom is 0.0812 e. The van der Waals surface area contributed by atoms with E-state index in [0.717, 1.165) is 15.8 Å². The van der Waals surface area contributed by atoms with E-state index in [0.29, 0.717) is 0 Å². The first-order valence-electron chi connectivity index (χ1n) is 3.20. The van der Waals surface area contributed by atoms with Gasteiger partial charge in [-0.05, 0) is 18.2 Å². The molecule has 0 fully saturated rings. The minimum atomic E-state index is 0.918. The van der Waals surface area contributed by atoms with E-state index in [1.54, 1.807) is 11.3 Å². The van der Waals surface area contributed by atoms with Gasteiger partial charge in [0.1, 0.15) is 0 Å². The molecule has 1 nitrogen and oxygen atoms in total. The molecule has 0 amide bonds. The Bertz CT molecular complexity index is 422. The number of rotatable bonds is 0. The van der Waals surface area contributed by atoms with Crippen LogP contribution in [-0.2, 0) is 0 Å². The summed E-state index contributed by atoms with van der Waals surface area (Å²) in [5.74, 6) is 2.59. The number of nitrogens with zero attached hydrogens (tertiary/aromatic N) is 1. The lowest BCUT2D eigenvalue weighted by Crippen LogP contribution is -1.71. The summed E-state index contributed by atoms with van der Waals surface area (Å²) in [5.41, 5.74) is 3.76. The molecule has 52 valence electrons. The number of fused-ring (bicyclic) bond motifs is 1. The van der Waals surface area contributed by atoms with Gasteiger partial charge in [-0.2, -0.15) is 0 Å². The summed E-state index contributed by atoms with van der Waals surface area (Å²) in [4.78, 5) is 4.14. The molecule has 0 bridgehead atoms. The third kappa shape index (κ3) is 0.997. The van der Waals surface area contributed by atoms with Crippen LogP contribution in [0.3, 0.4) is 0 Å². The lowest BCUT2D eigenvalue weighted by Gasteiger charge is -1.88. The number of benzene rings is 1. The van der Waals surface area contributed by atoms with Gasteiger partial charge in [-0.3, -0.25) is 0 Å². The van der Waals surface area contributed by atoms with Gasteiger partial charge in [-0.1, -0.05) is 5.92 Å². The normalized spacial score (nSPS) is 9.73. The third-order valence-electron chi connectivity index (χ3n) is 1.50. The second kappa shape index (κ2) is 2.37. The van der Waals surface area contributed by atoms with Crippen molar-refractivity contribution < 1.29 is 0 Å². The highest BCUT2D eigenvalue weighted by molar-refractivity contribution is 7.16. The van der Waals surface area contributed by atoms with Crippen molar-refractivity contribution >= 4 is 21.6 Å². The molecule has 1 heterocycles. The first-order valence-corrected chi connectivity index (χ1v) is 4.08. The fourth-order valence-corrected chi connectivity index (χ4v) is 1.66. The van der Waals surface area contributed by atoms with Crippen molar-refractivity contribution in [3.05, 3.63) is 29.3 Å². The standard InChI is InChI=1S/C9H5NS/c1-2-7-3-4-8-9(5-7)11-6-10-8/h1,3-6H. The second-order valence-corrected chi connectivity index (χ2v) is 3.07. The molecule has 0 atom stereocenters. The van der Waals surface area contributed by atoms with Crippen LogP contribution in [0.2, 0.25) is 0 Å². The third-order valence-corrected chi connectivity index (χ3v) is 2.29. The Morgan fingerprint density at radius 3 is 3.18 bits per heavy atom. The maximum atomic E-state index is 5.24. The van der Waals surface area contributed by atoms with Crippen LogP contribution in [0.1, 0.15) is 5.56 Å². The highest BCUT2D eigenvalue weighted by Gasteiger charge is 1.95. The average molecular weight is 159 g/mol. The van der Waals surface area contributed by atoms with Crippen molar-refractivity contribution in [1.82, 2.24) is 4.98 Å². The van der Waals surface area contributed by atoms with E-state index >= 15 is 0 Å². The molecular weight excluding hydrogens is 154 g/mol. The summed E-state index contributed by atoms with van der Waals surface area (Å²) in [6.45, 7) is 0. The fraction of sp³-hybridized carbons (Fsp3) is 0. The molecule has 0 aliphatic heterocycles. The molecule has 2 rings (SSSR count). The SMILES string of the molecule is C#Cc1ccc2ncsc2c1. The Morgan fingerprint density at radius 1 is 1.45 bits per heavy atom. The van der Waals surface area contributed by atoms with E-state index in [1.807, 2.05) is 23.7 Å². The summed E-state index contributed by atoms with van der Waals surface area (Å²) in [7, 11) is 0. The lowest BCUT2D eigenvalue weighted by molar-refractivity contribution is 1.50. The number of hydrogen-bond donors (Lipinski definition) is 0. The Labute approximate surface area is 68.7 Å². The molecule has 0 saturated carbocycles. The Balaban J connectivity index is 2.79. The van der Waals surface area contributed by atoms with Crippen molar-refractivity contribution in [3.63, 3.8) is 0 Å². The van der Waals surface area contributed by atoms with Gasteiger partial charge in [0.05, 0.1) is 15.7 Å². The highest BCUT2D eigenvalue weighted by atomic mass is 32.1. The molecule has 1 aromatic heterocycles. The van der Waals surface area contributed by atoms with Crippen LogP contribution < -0.4 is 0 Å². The number of thiazole rings is 1. The van der Waals surface area contributed by atoms with Gasteiger partial charge in [0.15, 0.2) is 0 Å². The smallest absolute Gasteiger partial charge is 0.0812 e. The van der Waals surface area contributed by atoms with E-state index < -0.39 is 0 Å². The highest BCUT2D eigenvalue weighted by Crippen LogP contribution is 2.18. The van der Waals surface area contributed by atoms with Gasteiger partial charge in [0, 0.05) is 5.56 Å². The average Bonchev–Trinajstić information content (AvgIpc) is 2.50. The molecule has 0 N–H and O–H groups in total. The zero-order chi connectivity index (χ0) is 7.68. The van der Waals surface area contributed by atoms with Crippen LogP contribution in [0.25, 0.3) is 10.2 Å². The van der Waals surface area contributed by atoms with E-state index in [-0.39, 0.29) is 0 Å². The molecule has 0 unspecified atom stereocenters. The van der Waals surface area contributed by atoms with Crippen LogP contribution in [0, 0.1) is 12.3 Å². The minimum absolute atomic E-state index is 0.918. The zero-order valence-electron chi connectivity index (χ0n) is 5.74. The molecule has 2 aromatic rings. The van der Waals surface area contributed by atoms with E-state index in [9.17, 15) is 0 Å². The van der Waals surface area contributed by atoms with Crippen molar-refractivity contribution in [1.29, 1.82) is 0 Å². The fourth-order valence-electron chi connectivity index (χ4n) is 0.945. The van der Waals surface area contributed by atoms with Crippen LogP contribution in [0.15, 0.2) is 23.7 Å². The van der Waals surface area contributed by atoms with Crippen molar-refractivity contribution in [2.24, 2.45) is 0 Å². The van der Waals surface area contributed by atoms with Gasteiger partial charge >= 0.3 is 0 Å². The molecule has 0 spiro atoms. The molecule has 0 radical (unpaired) electrons. The van der Waals surface area contributed by atoms with Gasteiger partial charge in [-0.25, -0.2) is 4.98 Å². The van der Waals surface area contributed by atoms with E-state index in [2.05, 4.69) is 10.9 Å². The van der Waals surface area contributed by atoms with Gasteiger partial charge in [-0.15, -0.1) is 17.8 Å². The van der Waals surface area contributed by atoms with E-state index in [1.165, 1.54) is 0 Å². The Hall–Kier alpha value is -1.33. The zero-order valence-corrected chi connectivity index (χ0v) is 6.56. The summed E-state index contributed by atoms with van der Waals surface area (Å²) in [6.07, 6.45) is 5.24. The Kier molecular flexibility index (Phi) is 1.38. The summed E-state index contributed by atoms with van der Waals surface area (Å²) in [6, 6.07) is 5.83. The molecular formula is C9H5NS. The van der Waals surface area contributed by atoms with Crippen LogP contribution >= 0.6 is 11.3 Å². The van der Waals surface area contributed by atoms with Crippen molar-refractivity contribution in [3.8, 4) is 12.3 Å². The van der Waals surface area contributed by atoms with Crippen molar-refractivity contribution in [2.75, 3.05) is 0 Å². The molecule has 0 aliphatic rings. The number of hydrogen-bond acceptors (Lipinski definition) is 2. The van der Waals surface area contributed by atoms with Gasteiger partial charge < -0.3 is 0 Å². The number of aromatic nitrogens is 1. The summed E-state index contributed by atoms with van der Waals surface area (Å²) in [5, 5.41) is 0. The molecule has 2 heteroatoms. The summed E-state index contributed by atoms with van der Waals surface area (Å²) >= 11 is 1.61. The number of terminal acetylenes is 1. The monoisotopic (exact) mass is 159 g/mol. The summed E-state index contributed by atoms with van der Waals surface area (Å²) < 4.78 is 1.15. The molecule has 11 heavy (non-hydrogen) atoms. The topological polar surface area (TPSA) is 12.9 Å². The second-order valence-electron chi connectivity index (χ2n) is 2.18. The van der Waals surface area contributed by atoms with Crippen LogP contribution in [0.5, 0.6) is 0 Å². The predicted molar refractivity (Wildman–Crippen MR) is 47.6 cm³/mol. The first kappa shape index (κ1) is 6.38. The van der Waals surface area contributed by atoms with Gasteiger partial charge in [0.2, 0.25) is 0 Å².